The second-order valence-corrected chi connectivity index (χ2v) is 6.80. The van der Waals surface area contributed by atoms with E-state index in [2.05, 4.69) is 13.2 Å². The van der Waals surface area contributed by atoms with Gasteiger partial charge >= 0.3 is 23.9 Å². The third-order valence-electron chi connectivity index (χ3n) is 3.74. The average Bonchev–Trinajstić information content (AvgIpc) is 2.77. The molecular weight excluding hydrogens is 424 g/mol. The van der Waals surface area contributed by atoms with E-state index >= 15 is 0 Å². The maximum atomic E-state index is 12.2. The Morgan fingerprint density at radius 1 is 0.812 bits per heavy atom. The highest BCUT2D eigenvalue weighted by atomic mass is 16.6. The Kier molecular flexibility index (Phi) is 10.8. The molecule has 0 amide bonds. The van der Waals surface area contributed by atoms with Crippen LogP contribution in [0.25, 0.3) is 0 Å². The standard InChI is InChI=1S/C22H26O10/c1-13(2)19(25)29-10-17(24)11-30-21(27)15-5-7-16(8-6-15)22(28)32-18(9-23)12-31-20(26)14(3)4/h5-8,17-18,23-24H,1,3,9-12H2,2,4H3. The van der Waals surface area contributed by atoms with E-state index in [1.54, 1.807) is 0 Å². The SMILES string of the molecule is C=C(C)C(=O)OCC(O)COC(=O)c1ccc(C(=O)OC(CO)COC(=O)C(=C)C)cc1. The minimum Gasteiger partial charge on any atom is -0.459 e. The van der Waals surface area contributed by atoms with Gasteiger partial charge in [-0.15, -0.1) is 0 Å². The molecule has 0 aliphatic rings. The summed E-state index contributed by atoms with van der Waals surface area (Å²) in [6, 6.07) is 5.22. The van der Waals surface area contributed by atoms with Gasteiger partial charge in [-0.25, -0.2) is 19.2 Å². The lowest BCUT2D eigenvalue weighted by Crippen LogP contribution is -2.28. The van der Waals surface area contributed by atoms with Crippen LogP contribution in [0.15, 0.2) is 48.6 Å². The van der Waals surface area contributed by atoms with Crippen molar-refractivity contribution in [3.63, 3.8) is 0 Å². The van der Waals surface area contributed by atoms with Crippen LogP contribution >= 0.6 is 0 Å². The quantitative estimate of drug-likeness (QED) is 0.268. The maximum absolute atomic E-state index is 12.2. The van der Waals surface area contributed by atoms with Crippen LogP contribution in [0.1, 0.15) is 34.6 Å². The van der Waals surface area contributed by atoms with Gasteiger partial charge in [-0.3, -0.25) is 0 Å². The van der Waals surface area contributed by atoms with E-state index < -0.39 is 49.3 Å². The molecule has 0 spiro atoms. The maximum Gasteiger partial charge on any atom is 0.338 e. The van der Waals surface area contributed by atoms with E-state index in [0.717, 1.165) is 0 Å². The monoisotopic (exact) mass is 450 g/mol. The molecule has 0 aliphatic heterocycles. The number of benzene rings is 1. The predicted molar refractivity (Wildman–Crippen MR) is 111 cm³/mol. The molecular formula is C22H26O10. The van der Waals surface area contributed by atoms with E-state index in [0.29, 0.717) is 0 Å². The summed E-state index contributed by atoms with van der Waals surface area (Å²) in [6.45, 7) is 8.04. The van der Waals surface area contributed by atoms with Crippen molar-refractivity contribution in [2.45, 2.75) is 26.1 Å². The number of aliphatic hydroxyl groups is 2. The van der Waals surface area contributed by atoms with E-state index in [-0.39, 0.29) is 35.5 Å². The Balaban J connectivity index is 2.54. The largest absolute Gasteiger partial charge is 0.459 e. The first kappa shape index (κ1) is 26.5. The van der Waals surface area contributed by atoms with Crippen LogP contribution in [0.2, 0.25) is 0 Å². The first-order chi connectivity index (χ1) is 15.0. The summed E-state index contributed by atoms with van der Waals surface area (Å²) in [5.41, 5.74) is 0.515. The van der Waals surface area contributed by atoms with Crippen LogP contribution in [-0.2, 0) is 28.5 Å². The van der Waals surface area contributed by atoms with Crippen molar-refractivity contribution in [3.05, 3.63) is 59.7 Å². The highest BCUT2D eigenvalue weighted by Crippen LogP contribution is 2.10. The molecule has 0 aromatic heterocycles. The number of aliphatic hydroxyl groups excluding tert-OH is 2. The Morgan fingerprint density at radius 3 is 1.72 bits per heavy atom. The van der Waals surface area contributed by atoms with Crippen molar-refractivity contribution in [2.75, 3.05) is 26.4 Å². The molecule has 32 heavy (non-hydrogen) atoms. The minimum absolute atomic E-state index is 0.0815. The number of carbonyl (C=O) groups excluding carboxylic acids is 4. The molecule has 0 saturated carbocycles. The minimum atomic E-state index is -1.22. The van der Waals surface area contributed by atoms with Crippen LogP contribution in [0.4, 0.5) is 0 Å². The van der Waals surface area contributed by atoms with Gasteiger partial charge in [0.05, 0.1) is 17.7 Å². The average molecular weight is 450 g/mol. The van der Waals surface area contributed by atoms with Gasteiger partial charge in [0.2, 0.25) is 0 Å². The Hall–Kier alpha value is -3.50. The van der Waals surface area contributed by atoms with E-state index in [4.69, 9.17) is 18.9 Å². The highest BCUT2D eigenvalue weighted by molar-refractivity contribution is 5.93. The van der Waals surface area contributed by atoms with Crippen molar-refractivity contribution < 1.29 is 48.3 Å². The molecule has 2 atom stereocenters. The third-order valence-corrected chi connectivity index (χ3v) is 3.74. The highest BCUT2D eigenvalue weighted by Gasteiger charge is 2.19. The first-order valence-electron chi connectivity index (χ1n) is 9.47. The smallest absolute Gasteiger partial charge is 0.338 e. The molecule has 0 aliphatic carbocycles. The Labute approximate surface area is 185 Å². The normalized spacial score (nSPS) is 12.1. The molecule has 0 fully saturated rings. The van der Waals surface area contributed by atoms with Crippen LogP contribution in [0.5, 0.6) is 0 Å². The molecule has 0 bridgehead atoms. The van der Waals surface area contributed by atoms with Crippen LogP contribution < -0.4 is 0 Å². The lowest BCUT2D eigenvalue weighted by molar-refractivity contribution is -0.143. The number of ether oxygens (including phenoxy) is 4. The van der Waals surface area contributed by atoms with Crippen molar-refractivity contribution >= 4 is 23.9 Å². The molecule has 1 aromatic carbocycles. The number of esters is 4. The van der Waals surface area contributed by atoms with E-state index in [1.165, 1.54) is 38.1 Å². The van der Waals surface area contributed by atoms with Gasteiger partial charge in [-0.2, -0.15) is 0 Å². The molecule has 0 heterocycles. The molecule has 1 aromatic rings. The van der Waals surface area contributed by atoms with Crippen molar-refractivity contribution in [2.24, 2.45) is 0 Å². The first-order valence-corrected chi connectivity index (χ1v) is 9.47. The van der Waals surface area contributed by atoms with Gasteiger partial charge in [-0.05, 0) is 38.1 Å². The van der Waals surface area contributed by atoms with Crippen LogP contribution in [0, 0.1) is 0 Å². The van der Waals surface area contributed by atoms with Crippen molar-refractivity contribution in [1.29, 1.82) is 0 Å². The van der Waals surface area contributed by atoms with Gasteiger partial charge in [0.15, 0.2) is 6.10 Å². The van der Waals surface area contributed by atoms with Crippen LogP contribution in [-0.4, -0.2) is 72.7 Å². The zero-order valence-electron chi connectivity index (χ0n) is 17.9. The van der Waals surface area contributed by atoms with Gasteiger partial charge in [-0.1, -0.05) is 13.2 Å². The second-order valence-electron chi connectivity index (χ2n) is 6.80. The molecule has 10 heteroatoms. The number of hydrogen-bond acceptors (Lipinski definition) is 10. The fourth-order valence-electron chi connectivity index (χ4n) is 1.98. The summed E-state index contributed by atoms with van der Waals surface area (Å²) in [7, 11) is 0. The Morgan fingerprint density at radius 2 is 1.25 bits per heavy atom. The summed E-state index contributed by atoms with van der Waals surface area (Å²) < 4.78 is 19.6. The zero-order chi connectivity index (χ0) is 24.3. The number of carbonyl (C=O) groups is 4. The second kappa shape index (κ2) is 13.0. The fourth-order valence-corrected chi connectivity index (χ4v) is 1.98. The van der Waals surface area contributed by atoms with E-state index in [9.17, 15) is 29.4 Å². The van der Waals surface area contributed by atoms with Gasteiger partial charge in [0.1, 0.15) is 25.9 Å². The molecule has 0 radical (unpaired) electrons. The Bertz CT molecular complexity index is 856. The predicted octanol–water partition coefficient (Wildman–Crippen LogP) is 0.961. The summed E-state index contributed by atoms with van der Waals surface area (Å²) in [6.07, 6.45) is -2.29. The lowest BCUT2D eigenvalue weighted by atomic mass is 10.1. The summed E-state index contributed by atoms with van der Waals surface area (Å²) in [5.74, 6) is -2.92. The third kappa shape index (κ3) is 9.11. The molecule has 0 saturated heterocycles. The fraction of sp³-hybridized carbons (Fsp3) is 0.364. The van der Waals surface area contributed by atoms with Gasteiger partial charge in [0.25, 0.3) is 0 Å². The number of hydrogen-bond donors (Lipinski definition) is 2. The lowest BCUT2D eigenvalue weighted by Gasteiger charge is -2.16. The van der Waals surface area contributed by atoms with E-state index in [1.807, 2.05) is 0 Å². The summed E-state index contributed by atoms with van der Waals surface area (Å²) >= 11 is 0. The zero-order valence-corrected chi connectivity index (χ0v) is 17.9. The van der Waals surface area contributed by atoms with Gasteiger partial charge < -0.3 is 29.2 Å². The van der Waals surface area contributed by atoms with Gasteiger partial charge in [0, 0.05) is 11.1 Å². The molecule has 174 valence electrons. The number of rotatable bonds is 12. The molecule has 1 rings (SSSR count). The molecule has 10 nitrogen and oxygen atoms in total. The topological polar surface area (TPSA) is 146 Å². The van der Waals surface area contributed by atoms with Crippen molar-refractivity contribution in [1.82, 2.24) is 0 Å². The molecule has 2 N–H and O–H groups in total. The molecule has 2 unspecified atom stereocenters. The van der Waals surface area contributed by atoms with Crippen molar-refractivity contribution in [3.8, 4) is 0 Å². The summed E-state index contributed by atoms with van der Waals surface area (Å²) in [5, 5.41) is 19.0. The summed E-state index contributed by atoms with van der Waals surface area (Å²) in [4.78, 5) is 46.9. The van der Waals surface area contributed by atoms with Crippen LogP contribution in [0.3, 0.4) is 0 Å².